The van der Waals surface area contributed by atoms with E-state index in [0.717, 1.165) is 32.2 Å². The Bertz CT molecular complexity index is 294. The first kappa shape index (κ1) is 10.6. The lowest BCUT2D eigenvalue weighted by Gasteiger charge is -2.07. The lowest BCUT2D eigenvalue weighted by molar-refractivity contribution is 0.194. The number of imidazole rings is 1. The second-order valence-corrected chi connectivity index (χ2v) is 4.05. The molecule has 1 aromatic rings. The summed E-state index contributed by atoms with van der Waals surface area (Å²) in [5.41, 5.74) is 1.30. The van der Waals surface area contributed by atoms with Gasteiger partial charge in [0.15, 0.2) is 0 Å². The molecule has 4 nitrogen and oxygen atoms in total. The van der Waals surface area contributed by atoms with Crippen molar-refractivity contribution < 1.29 is 4.74 Å². The number of rotatable bonds is 7. The van der Waals surface area contributed by atoms with Gasteiger partial charge in [-0.05, 0) is 25.8 Å². The van der Waals surface area contributed by atoms with Crippen LogP contribution in [0.5, 0.6) is 0 Å². The van der Waals surface area contributed by atoms with Crippen molar-refractivity contribution in [3.8, 4) is 0 Å². The van der Waals surface area contributed by atoms with Gasteiger partial charge in [0, 0.05) is 32.5 Å². The van der Waals surface area contributed by atoms with E-state index in [1.165, 1.54) is 18.5 Å². The molecular weight excluding hydrogens is 190 g/mol. The zero-order valence-corrected chi connectivity index (χ0v) is 9.28. The molecule has 2 rings (SSSR count). The maximum Gasteiger partial charge on any atom is 0.0951 e. The quantitative estimate of drug-likeness (QED) is 0.689. The maximum atomic E-state index is 4.99. The Labute approximate surface area is 90.6 Å². The first-order valence-corrected chi connectivity index (χ1v) is 5.62. The highest BCUT2D eigenvalue weighted by atomic mass is 16.5. The van der Waals surface area contributed by atoms with Gasteiger partial charge in [-0.1, -0.05) is 0 Å². The molecule has 0 saturated heterocycles. The molecule has 0 aliphatic heterocycles. The van der Waals surface area contributed by atoms with Gasteiger partial charge in [-0.3, -0.25) is 0 Å². The van der Waals surface area contributed by atoms with Crippen LogP contribution in [0.15, 0.2) is 12.5 Å². The first-order valence-electron chi connectivity index (χ1n) is 5.62. The van der Waals surface area contributed by atoms with Gasteiger partial charge in [-0.15, -0.1) is 0 Å². The van der Waals surface area contributed by atoms with E-state index in [1.807, 2.05) is 12.5 Å². The number of nitrogens with one attached hydrogen (secondary N) is 1. The van der Waals surface area contributed by atoms with Crippen LogP contribution in [0.1, 0.15) is 31.0 Å². The van der Waals surface area contributed by atoms with E-state index in [0.29, 0.717) is 0 Å². The zero-order chi connectivity index (χ0) is 10.5. The molecule has 84 valence electrons. The van der Waals surface area contributed by atoms with Crippen LogP contribution < -0.4 is 5.32 Å². The molecule has 1 N–H and O–H groups in total. The minimum absolute atomic E-state index is 0.725. The summed E-state index contributed by atoms with van der Waals surface area (Å²) < 4.78 is 7.29. The third kappa shape index (κ3) is 3.04. The molecule has 1 heterocycles. The molecule has 0 aromatic carbocycles. The van der Waals surface area contributed by atoms with Crippen molar-refractivity contribution in [1.82, 2.24) is 14.9 Å². The van der Waals surface area contributed by atoms with Gasteiger partial charge in [0.05, 0.1) is 12.0 Å². The molecular formula is C11H19N3O. The van der Waals surface area contributed by atoms with Crippen molar-refractivity contribution in [2.75, 3.05) is 20.3 Å². The van der Waals surface area contributed by atoms with Crippen LogP contribution in [0.25, 0.3) is 0 Å². The Balaban J connectivity index is 1.70. The van der Waals surface area contributed by atoms with Crippen molar-refractivity contribution in [2.45, 2.75) is 31.8 Å². The monoisotopic (exact) mass is 209 g/mol. The van der Waals surface area contributed by atoms with Gasteiger partial charge in [-0.2, -0.15) is 0 Å². The molecule has 1 aliphatic rings. The van der Waals surface area contributed by atoms with Gasteiger partial charge >= 0.3 is 0 Å². The Morgan fingerprint density at radius 2 is 2.47 bits per heavy atom. The number of hydrogen-bond acceptors (Lipinski definition) is 3. The fourth-order valence-electron chi connectivity index (χ4n) is 1.71. The second kappa shape index (κ2) is 5.28. The lowest BCUT2D eigenvalue weighted by atomic mass is 10.4. The van der Waals surface area contributed by atoms with Crippen LogP contribution >= 0.6 is 0 Å². The molecule has 0 unspecified atom stereocenters. The number of aromatic nitrogens is 2. The summed E-state index contributed by atoms with van der Waals surface area (Å²) in [5.74, 6) is 0. The van der Waals surface area contributed by atoms with Crippen molar-refractivity contribution in [1.29, 1.82) is 0 Å². The van der Waals surface area contributed by atoms with E-state index < -0.39 is 0 Å². The highest BCUT2D eigenvalue weighted by Crippen LogP contribution is 2.35. The normalized spacial score (nSPS) is 15.8. The highest BCUT2D eigenvalue weighted by molar-refractivity contribution is 5.03. The van der Waals surface area contributed by atoms with Gasteiger partial charge in [0.1, 0.15) is 0 Å². The van der Waals surface area contributed by atoms with Gasteiger partial charge in [0.2, 0.25) is 0 Å². The molecule has 1 fully saturated rings. The molecule has 1 aromatic heterocycles. The van der Waals surface area contributed by atoms with Gasteiger partial charge < -0.3 is 14.6 Å². The number of methoxy groups -OCH3 is 1. The summed E-state index contributed by atoms with van der Waals surface area (Å²) >= 11 is 0. The largest absolute Gasteiger partial charge is 0.385 e. The predicted octanol–water partition coefficient (Wildman–Crippen LogP) is 1.34. The molecule has 0 spiro atoms. The van der Waals surface area contributed by atoms with Crippen molar-refractivity contribution >= 4 is 0 Å². The number of hydrogen-bond donors (Lipinski definition) is 1. The second-order valence-electron chi connectivity index (χ2n) is 4.05. The van der Waals surface area contributed by atoms with Crippen molar-refractivity contribution in [3.05, 3.63) is 18.2 Å². The summed E-state index contributed by atoms with van der Waals surface area (Å²) in [4.78, 5) is 4.20. The lowest BCUT2D eigenvalue weighted by Crippen LogP contribution is -2.18. The Morgan fingerprint density at radius 1 is 1.60 bits per heavy atom. The molecule has 1 saturated carbocycles. The number of nitrogens with zero attached hydrogens (tertiary/aromatic N) is 2. The summed E-state index contributed by atoms with van der Waals surface area (Å²) in [6.45, 7) is 2.75. The van der Waals surface area contributed by atoms with Crippen LogP contribution in [0.3, 0.4) is 0 Å². The summed E-state index contributed by atoms with van der Waals surface area (Å²) in [7, 11) is 1.74. The van der Waals surface area contributed by atoms with Crippen LogP contribution in [0, 0.1) is 0 Å². The Morgan fingerprint density at radius 3 is 3.20 bits per heavy atom. The van der Waals surface area contributed by atoms with Crippen LogP contribution in [0.2, 0.25) is 0 Å². The third-order valence-corrected chi connectivity index (χ3v) is 2.69. The summed E-state index contributed by atoms with van der Waals surface area (Å²) in [5, 5.41) is 3.40. The fourth-order valence-corrected chi connectivity index (χ4v) is 1.71. The van der Waals surface area contributed by atoms with E-state index in [9.17, 15) is 0 Å². The Hall–Kier alpha value is -0.870. The molecule has 0 atom stereocenters. The molecule has 0 bridgehead atoms. The molecule has 0 radical (unpaired) electrons. The minimum Gasteiger partial charge on any atom is -0.385 e. The average molecular weight is 209 g/mol. The maximum absolute atomic E-state index is 4.99. The van der Waals surface area contributed by atoms with Crippen LogP contribution in [-0.2, 0) is 11.3 Å². The molecule has 4 heteroatoms. The topological polar surface area (TPSA) is 39.1 Å². The van der Waals surface area contributed by atoms with Crippen LogP contribution in [0.4, 0.5) is 0 Å². The van der Waals surface area contributed by atoms with Gasteiger partial charge in [0.25, 0.3) is 0 Å². The number of ether oxygens (including phenoxy) is 1. The third-order valence-electron chi connectivity index (χ3n) is 2.69. The minimum atomic E-state index is 0.725. The molecule has 15 heavy (non-hydrogen) atoms. The smallest absolute Gasteiger partial charge is 0.0951 e. The van der Waals surface area contributed by atoms with Crippen molar-refractivity contribution in [2.24, 2.45) is 0 Å². The molecule has 0 amide bonds. The molecule has 1 aliphatic carbocycles. The summed E-state index contributed by atoms with van der Waals surface area (Å²) in [6, 6.07) is 0.725. The van der Waals surface area contributed by atoms with E-state index in [4.69, 9.17) is 4.74 Å². The van der Waals surface area contributed by atoms with E-state index >= 15 is 0 Å². The van der Waals surface area contributed by atoms with Crippen molar-refractivity contribution in [3.63, 3.8) is 0 Å². The van der Waals surface area contributed by atoms with Crippen LogP contribution in [-0.4, -0.2) is 29.8 Å². The van der Waals surface area contributed by atoms with E-state index in [1.54, 1.807) is 7.11 Å². The zero-order valence-electron chi connectivity index (χ0n) is 9.28. The van der Waals surface area contributed by atoms with E-state index in [-0.39, 0.29) is 0 Å². The SMILES string of the molecule is COCCCNCc1cncn1C1CC1. The Kier molecular flexibility index (Phi) is 3.75. The predicted molar refractivity (Wildman–Crippen MR) is 58.7 cm³/mol. The van der Waals surface area contributed by atoms with E-state index in [2.05, 4.69) is 14.9 Å². The standard InChI is InChI=1S/C11H19N3O/c1-15-6-2-5-12-7-11-8-13-9-14(11)10-3-4-10/h8-10,12H,2-7H2,1H3. The fraction of sp³-hybridized carbons (Fsp3) is 0.727. The first-order chi connectivity index (χ1) is 7.42. The average Bonchev–Trinajstić information content (AvgIpc) is 2.99. The highest BCUT2D eigenvalue weighted by Gasteiger charge is 2.24. The summed E-state index contributed by atoms with van der Waals surface area (Å²) in [6.07, 6.45) is 7.60. The van der Waals surface area contributed by atoms with Gasteiger partial charge in [-0.25, -0.2) is 4.98 Å².